The van der Waals surface area contributed by atoms with Gasteiger partial charge >= 0.3 is 6.03 Å². The number of allylic oxidation sites excluding steroid dienone is 1. The van der Waals surface area contributed by atoms with Crippen molar-refractivity contribution in [1.29, 1.82) is 0 Å². The van der Waals surface area contributed by atoms with Gasteiger partial charge in [-0.25, -0.2) is 4.79 Å². The molecule has 0 rings (SSSR count). The lowest BCUT2D eigenvalue weighted by molar-refractivity contribution is 0.242. The van der Waals surface area contributed by atoms with Crippen LogP contribution in [0.4, 0.5) is 4.79 Å². The van der Waals surface area contributed by atoms with Crippen LogP contribution in [0.25, 0.3) is 0 Å². The molecule has 0 aromatic rings. The first kappa shape index (κ1) is 13.0. The summed E-state index contributed by atoms with van der Waals surface area (Å²) in [5.74, 6) is 0. The second kappa shape index (κ2) is 7.38. The molecular formula is C10H21N3O. The third kappa shape index (κ3) is 7.61. The Morgan fingerprint density at radius 1 is 1.43 bits per heavy atom. The van der Waals surface area contributed by atoms with Crippen LogP contribution >= 0.6 is 0 Å². The van der Waals surface area contributed by atoms with Crippen molar-refractivity contribution in [2.75, 3.05) is 27.2 Å². The van der Waals surface area contributed by atoms with Crippen LogP contribution in [0.2, 0.25) is 0 Å². The second-order valence-electron chi connectivity index (χ2n) is 3.55. The largest absolute Gasteiger partial charge is 0.337 e. The Morgan fingerprint density at radius 3 is 2.57 bits per heavy atom. The lowest BCUT2D eigenvalue weighted by Gasteiger charge is -2.10. The van der Waals surface area contributed by atoms with Gasteiger partial charge in [-0.15, -0.1) is 0 Å². The fraction of sp³-hybridized carbons (Fsp3) is 0.700. The normalized spacial score (nSPS) is 11.6. The average molecular weight is 199 g/mol. The van der Waals surface area contributed by atoms with Gasteiger partial charge in [0.05, 0.1) is 0 Å². The zero-order valence-electron chi connectivity index (χ0n) is 9.55. The van der Waals surface area contributed by atoms with E-state index < -0.39 is 0 Å². The molecular weight excluding hydrogens is 178 g/mol. The topological polar surface area (TPSA) is 44.4 Å². The number of carbonyl (C=O) groups is 1. The molecule has 0 aromatic carbocycles. The number of hydrogen-bond acceptors (Lipinski definition) is 2. The molecule has 2 N–H and O–H groups in total. The number of rotatable bonds is 5. The highest BCUT2D eigenvalue weighted by molar-refractivity contribution is 5.74. The van der Waals surface area contributed by atoms with Gasteiger partial charge in [0.2, 0.25) is 0 Å². The SMILES string of the molecule is CC/C(C)=C/NC(=O)NCCN(C)C. The fourth-order valence-electron chi connectivity index (χ4n) is 0.735. The van der Waals surface area contributed by atoms with Crippen LogP contribution in [0.3, 0.4) is 0 Å². The van der Waals surface area contributed by atoms with Gasteiger partial charge in [0.15, 0.2) is 0 Å². The van der Waals surface area contributed by atoms with E-state index in [4.69, 9.17) is 0 Å². The predicted octanol–water partition coefficient (Wildman–Crippen LogP) is 1.16. The molecule has 0 atom stereocenters. The number of carbonyl (C=O) groups excluding carboxylic acids is 1. The molecule has 14 heavy (non-hydrogen) atoms. The van der Waals surface area contributed by atoms with E-state index in [1.807, 2.05) is 25.9 Å². The van der Waals surface area contributed by atoms with Gasteiger partial charge in [0.1, 0.15) is 0 Å². The molecule has 0 unspecified atom stereocenters. The minimum absolute atomic E-state index is 0.139. The maximum atomic E-state index is 11.2. The summed E-state index contributed by atoms with van der Waals surface area (Å²) in [6, 6.07) is -0.139. The van der Waals surface area contributed by atoms with E-state index in [-0.39, 0.29) is 6.03 Å². The summed E-state index contributed by atoms with van der Waals surface area (Å²) in [5, 5.41) is 5.43. The molecule has 0 fully saturated rings. The number of hydrogen-bond donors (Lipinski definition) is 2. The van der Waals surface area contributed by atoms with Crippen LogP contribution in [0, 0.1) is 0 Å². The third-order valence-electron chi connectivity index (χ3n) is 1.85. The van der Waals surface area contributed by atoms with Gasteiger partial charge in [0, 0.05) is 19.3 Å². The molecule has 0 aromatic heterocycles. The second-order valence-corrected chi connectivity index (χ2v) is 3.55. The van der Waals surface area contributed by atoms with E-state index in [0.29, 0.717) is 6.54 Å². The molecule has 0 bridgehead atoms. The highest BCUT2D eigenvalue weighted by Crippen LogP contribution is 1.93. The van der Waals surface area contributed by atoms with E-state index in [2.05, 4.69) is 17.6 Å². The zero-order valence-corrected chi connectivity index (χ0v) is 9.55. The molecule has 0 spiro atoms. The zero-order chi connectivity index (χ0) is 11.0. The van der Waals surface area contributed by atoms with Crippen LogP contribution < -0.4 is 10.6 Å². The quantitative estimate of drug-likeness (QED) is 0.698. The Labute approximate surface area is 86.4 Å². The van der Waals surface area contributed by atoms with Crippen LogP contribution in [0.15, 0.2) is 11.8 Å². The van der Waals surface area contributed by atoms with Gasteiger partial charge in [0.25, 0.3) is 0 Å². The Morgan fingerprint density at radius 2 is 2.07 bits per heavy atom. The van der Waals surface area contributed by atoms with Crippen LogP contribution in [0.5, 0.6) is 0 Å². The van der Waals surface area contributed by atoms with Crippen molar-refractivity contribution in [1.82, 2.24) is 15.5 Å². The van der Waals surface area contributed by atoms with Crippen molar-refractivity contribution in [2.24, 2.45) is 0 Å². The van der Waals surface area contributed by atoms with Gasteiger partial charge < -0.3 is 15.5 Å². The Balaban J connectivity index is 3.56. The average Bonchev–Trinajstić information content (AvgIpc) is 2.13. The van der Waals surface area contributed by atoms with Gasteiger partial charge in [-0.2, -0.15) is 0 Å². The Bertz CT molecular complexity index is 200. The summed E-state index contributed by atoms with van der Waals surface area (Å²) < 4.78 is 0. The van der Waals surface area contributed by atoms with Crippen molar-refractivity contribution in [3.05, 3.63) is 11.8 Å². The number of amides is 2. The Kier molecular flexibility index (Phi) is 6.84. The van der Waals surface area contributed by atoms with Crippen LogP contribution in [0.1, 0.15) is 20.3 Å². The molecule has 82 valence electrons. The molecule has 0 saturated heterocycles. The van der Waals surface area contributed by atoms with Crippen LogP contribution in [-0.4, -0.2) is 38.1 Å². The third-order valence-corrected chi connectivity index (χ3v) is 1.85. The van der Waals surface area contributed by atoms with Crippen molar-refractivity contribution in [3.8, 4) is 0 Å². The maximum absolute atomic E-state index is 11.2. The summed E-state index contributed by atoms with van der Waals surface area (Å²) in [6.07, 6.45) is 2.70. The minimum atomic E-state index is -0.139. The lowest BCUT2D eigenvalue weighted by Crippen LogP contribution is -2.36. The molecule has 0 saturated carbocycles. The summed E-state index contributed by atoms with van der Waals surface area (Å²) in [4.78, 5) is 13.2. The number of nitrogens with zero attached hydrogens (tertiary/aromatic N) is 1. The first-order valence-corrected chi connectivity index (χ1v) is 4.91. The van der Waals surface area contributed by atoms with Crippen molar-refractivity contribution < 1.29 is 4.79 Å². The summed E-state index contributed by atoms with van der Waals surface area (Å²) >= 11 is 0. The van der Waals surface area contributed by atoms with Gasteiger partial charge in [-0.3, -0.25) is 0 Å². The standard InChI is InChI=1S/C10H21N3O/c1-5-9(2)8-12-10(14)11-6-7-13(3)4/h8H,5-7H2,1-4H3,(H2,11,12,14)/b9-8+. The predicted molar refractivity (Wildman–Crippen MR) is 59.1 cm³/mol. The molecule has 0 aliphatic carbocycles. The molecule has 2 amide bonds. The molecule has 4 nitrogen and oxygen atoms in total. The first-order chi connectivity index (χ1) is 6.56. The van der Waals surface area contributed by atoms with Crippen LogP contribution in [-0.2, 0) is 0 Å². The number of likely N-dealkylation sites (N-methyl/N-ethyl adjacent to an activating group) is 1. The van der Waals surface area contributed by atoms with E-state index >= 15 is 0 Å². The highest BCUT2D eigenvalue weighted by atomic mass is 16.2. The number of urea groups is 1. The molecule has 0 heterocycles. The van der Waals surface area contributed by atoms with E-state index in [9.17, 15) is 4.79 Å². The van der Waals surface area contributed by atoms with Gasteiger partial charge in [-0.05, 0) is 27.4 Å². The maximum Gasteiger partial charge on any atom is 0.318 e. The van der Waals surface area contributed by atoms with Crippen molar-refractivity contribution in [2.45, 2.75) is 20.3 Å². The highest BCUT2D eigenvalue weighted by Gasteiger charge is 1.96. The summed E-state index contributed by atoms with van der Waals surface area (Å²) in [5.41, 5.74) is 1.16. The van der Waals surface area contributed by atoms with E-state index in [1.165, 1.54) is 0 Å². The van der Waals surface area contributed by atoms with Crippen molar-refractivity contribution in [3.63, 3.8) is 0 Å². The molecule has 0 aliphatic heterocycles. The molecule has 0 aliphatic rings. The van der Waals surface area contributed by atoms with Gasteiger partial charge in [-0.1, -0.05) is 12.5 Å². The minimum Gasteiger partial charge on any atom is -0.337 e. The Hall–Kier alpha value is -1.03. The lowest BCUT2D eigenvalue weighted by atomic mass is 10.3. The number of nitrogens with one attached hydrogen (secondary N) is 2. The fourth-order valence-corrected chi connectivity index (χ4v) is 0.735. The molecule has 4 heteroatoms. The monoisotopic (exact) mass is 199 g/mol. The first-order valence-electron chi connectivity index (χ1n) is 4.91. The smallest absolute Gasteiger partial charge is 0.318 e. The summed E-state index contributed by atoms with van der Waals surface area (Å²) in [6.45, 7) is 5.55. The summed E-state index contributed by atoms with van der Waals surface area (Å²) in [7, 11) is 3.95. The molecule has 0 radical (unpaired) electrons. The van der Waals surface area contributed by atoms with E-state index in [1.54, 1.807) is 6.20 Å². The van der Waals surface area contributed by atoms with E-state index in [0.717, 1.165) is 18.5 Å². The van der Waals surface area contributed by atoms with Crippen molar-refractivity contribution >= 4 is 6.03 Å².